The number of carbonyl (C=O) groups excluding carboxylic acids is 2. The number of aliphatic hydroxyl groups excluding tert-OH is 2. The van der Waals surface area contributed by atoms with Crippen LogP contribution in [0.15, 0.2) is 148 Å². The van der Waals surface area contributed by atoms with Crippen LogP contribution < -0.4 is 15.5 Å². The molecule has 460 valence electrons. The Balaban J connectivity index is 0.000000162. The number of hydrogen-bond donors (Lipinski definition) is 4. The second kappa shape index (κ2) is 29.2. The van der Waals surface area contributed by atoms with Crippen molar-refractivity contribution < 1.29 is 19.8 Å². The Morgan fingerprint density at radius 1 is 0.563 bits per heavy atom. The predicted molar refractivity (Wildman–Crippen MR) is 357 cm³/mol. The van der Waals surface area contributed by atoms with Gasteiger partial charge < -0.3 is 45.3 Å². The average Bonchev–Trinajstić information content (AvgIpc) is 4.37. The zero-order chi connectivity index (χ0) is 61.1. The van der Waals surface area contributed by atoms with Gasteiger partial charge in [-0.15, -0.1) is 33.7 Å². The first kappa shape index (κ1) is 63.5. The first-order valence-corrected chi connectivity index (χ1v) is 33.7. The fraction of sp³-hybridized carbons (Fsp3) is 0.433. The molecule has 20 heteroatoms. The van der Waals surface area contributed by atoms with E-state index >= 15 is 0 Å². The Kier molecular flexibility index (Phi) is 21.3. The van der Waals surface area contributed by atoms with Crippen molar-refractivity contribution in [1.29, 1.82) is 0 Å². The van der Waals surface area contributed by atoms with Gasteiger partial charge in [-0.05, 0) is 228 Å². The third-order valence-electron chi connectivity index (χ3n) is 18.4. The number of aliphatic hydroxyl groups is 2. The van der Waals surface area contributed by atoms with E-state index in [1.54, 1.807) is 32.6 Å². The quantitative estimate of drug-likeness (QED) is 0.0713. The van der Waals surface area contributed by atoms with E-state index in [2.05, 4.69) is 138 Å². The van der Waals surface area contributed by atoms with Crippen LogP contribution in [0.25, 0.3) is 11.3 Å². The molecular formula is C67H84BrN13O4S2. The van der Waals surface area contributed by atoms with Gasteiger partial charge in [0.1, 0.15) is 0 Å². The van der Waals surface area contributed by atoms with Gasteiger partial charge in [0.15, 0.2) is 11.3 Å². The molecule has 0 radical (unpaired) electrons. The SMILES string of the molecule is CN1CCC(N(C)C(=O)c2ccc(Nc3nc4c(Br)cccn4n3)cc2)CC1.CSc1ccc(C2(CO)CCCCC2)cc1.CSc1ccc(C2(CO)CCN(c3cccn4nc(Nc5ccc(C(=O)N(C)C6CCN(C)CC6)cc5)nc34)CC2)cc1. The van der Waals surface area contributed by atoms with Crippen molar-refractivity contribution in [3.63, 3.8) is 0 Å². The highest BCUT2D eigenvalue weighted by molar-refractivity contribution is 9.10. The Morgan fingerprint density at radius 2 is 0.977 bits per heavy atom. The number of pyridine rings is 2. The number of halogens is 1. The van der Waals surface area contributed by atoms with Gasteiger partial charge in [-0.2, -0.15) is 9.97 Å². The second-order valence-corrected chi connectivity index (χ2v) is 26.5. The molecule has 4 fully saturated rings. The molecule has 4 aliphatic rings. The summed E-state index contributed by atoms with van der Waals surface area (Å²) in [5, 5.41) is 35.8. The zero-order valence-corrected chi connectivity index (χ0v) is 54.3. The first-order chi connectivity index (χ1) is 42.2. The highest BCUT2D eigenvalue weighted by Crippen LogP contribution is 2.41. The normalized spacial score (nSPS) is 17.4. The minimum Gasteiger partial charge on any atom is -0.395 e. The van der Waals surface area contributed by atoms with Crippen molar-refractivity contribution in [1.82, 2.24) is 48.8 Å². The van der Waals surface area contributed by atoms with E-state index < -0.39 is 0 Å². The number of nitrogens with zero attached hydrogens (tertiary/aromatic N) is 11. The number of aromatic nitrogens is 6. The molecule has 0 bridgehead atoms. The van der Waals surface area contributed by atoms with Gasteiger partial charge >= 0.3 is 0 Å². The molecule has 7 heterocycles. The molecule has 87 heavy (non-hydrogen) atoms. The molecule has 4 N–H and O–H groups in total. The molecule has 3 aliphatic heterocycles. The van der Waals surface area contributed by atoms with Crippen LogP contribution in [-0.2, 0) is 10.8 Å². The number of fused-ring (bicyclic) bond motifs is 2. The van der Waals surface area contributed by atoms with Crippen molar-refractivity contribution in [2.45, 2.75) is 103 Å². The lowest BCUT2D eigenvalue weighted by Gasteiger charge is -2.42. The number of nitrogens with one attached hydrogen (secondary N) is 2. The van der Waals surface area contributed by atoms with Crippen molar-refractivity contribution in [3.8, 4) is 0 Å². The van der Waals surface area contributed by atoms with Gasteiger partial charge in [-0.3, -0.25) is 9.59 Å². The van der Waals surface area contributed by atoms with Gasteiger partial charge in [-0.25, -0.2) is 9.03 Å². The monoisotopic (exact) mass is 1280 g/mol. The molecule has 1 saturated carbocycles. The van der Waals surface area contributed by atoms with Crippen LogP contribution in [0.4, 0.5) is 29.0 Å². The fourth-order valence-electron chi connectivity index (χ4n) is 12.6. The van der Waals surface area contributed by atoms with Crippen molar-refractivity contribution in [2.75, 3.05) is 109 Å². The van der Waals surface area contributed by atoms with E-state index in [1.807, 2.05) is 103 Å². The summed E-state index contributed by atoms with van der Waals surface area (Å²) < 4.78 is 4.40. The smallest absolute Gasteiger partial charge is 0.253 e. The summed E-state index contributed by atoms with van der Waals surface area (Å²) in [6.45, 7) is 6.19. The summed E-state index contributed by atoms with van der Waals surface area (Å²) in [4.78, 5) is 48.5. The summed E-state index contributed by atoms with van der Waals surface area (Å²) in [7, 11) is 8.08. The van der Waals surface area contributed by atoms with E-state index in [0.29, 0.717) is 35.7 Å². The number of piperidine rings is 3. The highest BCUT2D eigenvalue weighted by Gasteiger charge is 2.37. The van der Waals surface area contributed by atoms with Crippen LogP contribution >= 0.6 is 39.5 Å². The molecule has 0 atom stereocenters. The number of likely N-dealkylation sites (tertiary alicyclic amines) is 2. The lowest BCUT2D eigenvalue weighted by Crippen LogP contribution is -2.45. The van der Waals surface area contributed by atoms with Crippen molar-refractivity contribution >= 4 is 91.5 Å². The van der Waals surface area contributed by atoms with E-state index in [0.717, 1.165) is 123 Å². The number of thioether (sulfide) groups is 2. The topological polar surface area (TPSA) is 175 Å². The fourth-order valence-corrected chi connectivity index (χ4v) is 13.9. The Hall–Kier alpha value is -6.52. The average molecular weight is 1280 g/mol. The summed E-state index contributed by atoms with van der Waals surface area (Å²) in [5.74, 6) is 1.14. The molecule has 0 unspecified atom stereocenters. The Labute approximate surface area is 529 Å². The van der Waals surface area contributed by atoms with Gasteiger partial charge in [0.2, 0.25) is 11.9 Å². The summed E-state index contributed by atoms with van der Waals surface area (Å²) in [6.07, 6.45) is 19.8. The molecule has 8 aromatic rings. The lowest BCUT2D eigenvalue weighted by molar-refractivity contribution is 0.0652. The van der Waals surface area contributed by atoms with Crippen LogP contribution in [0.3, 0.4) is 0 Å². The van der Waals surface area contributed by atoms with Crippen LogP contribution in [0.5, 0.6) is 0 Å². The maximum Gasteiger partial charge on any atom is 0.253 e. The van der Waals surface area contributed by atoms with Crippen LogP contribution in [0.2, 0.25) is 0 Å². The molecule has 2 amide bonds. The van der Waals surface area contributed by atoms with Gasteiger partial charge in [0.25, 0.3) is 11.8 Å². The molecule has 3 saturated heterocycles. The molecule has 1 aliphatic carbocycles. The van der Waals surface area contributed by atoms with E-state index in [1.165, 1.54) is 40.2 Å². The van der Waals surface area contributed by atoms with E-state index in [-0.39, 0.29) is 35.3 Å². The maximum atomic E-state index is 13.1. The van der Waals surface area contributed by atoms with Crippen molar-refractivity contribution in [3.05, 3.63) is 160 Å². The van der Waals surface area contributed by atoms with E-state index in [4.69, 9.17) is 4.98 Å². The number of benzene rings is 4. The Morgan fingerprint density at radius 3 is 1.40 bits per heavy atom. The van der Waals surface area contributed by atoms with E-state index in [9.17, 15) is 19.8 Å². The Bertz CT molecular complexity index is 3520. The molecule has 0 spiro atoms. The zero-order valence-electron chi connectivity index (χ0n) is 51.1. The lowest BCUT2D eigenvalue weighted by atomic mass is 9.70. The summed E-state index contributed by atoms with van der Waals surface area (Å²) in [6, 6.07) is 40.9. The molecular weight excluding hydrogens is 1190 g/mol. The number of rotatable bonds is 15. The largest absolute Gasteiger partial charge is 0.395 e. The molecule has 4 aromatic heterocycles. The minimum absolute atomic E-state index is 0.0508. The number of amides is 2. The van der Waals surface area contributed by atoms with Gasteiger partial charge in [-0.1, -0.05) is 43.5 Å². The maximum absolute atomic E-state index is 13.1. The van der Waals surface area contributed by atoms with Gasteiger partial charge in [0.05, 0.1) is 23.4 Å². The van der Waals surface area contributed by atoms with Crippen LogP contribution in [0, 0.1) is 0 Å². The molecule has 12 rings (SSSR count). The third-order valence-corrected chi connectivity index (χ3v) is 20.5. The third kappa shape index (κ3) is 15.1. The number of carbonyl (C=O) groups is 2. The minimum atomic E-state index is -0.228. The van der Waals surface area contributed by atoms with Crippen LogP contribution in [0.1, 0.15) is 102 Å². The number of hydrogen-bond acceptors (Lipinski definition) is 15. The molecule has 4 aromatic carbocycles. The van der Waals surface area contributed by atoms with Crippen molar-refractivity contribution in [2.24, 2.45) is 0 Å². The summed E-state index contributed by atoms with van der Waals surface area (Å²) in [5.41, 5.74) is 7.97. The standard InChI is InChI=1S/C33H41N7O2S.C20H23BrN6O.C14H20OS/c1-37-19-14-27(15-20-37)38(2)31(42)24-6-10-26(11-7-24)34-32-35-30-29(5-4-18-40(30)36-32)39-21-16-33(23-41,17-22-39)25-8-12-28(43-3)13-9-25;1-25-12-9-16(10-13-25)26(2)19(28)14-5-7-15(8-6-14)22-20-23-18-17(21)4-3-11-27(18)24-20;1-16-13-7-5-12(6-8-13)14(11-15)9-3-2-4-10-14/h4-13,18,27,41H,14-17,19-23H2,1-3H3,(H,34,36);3-8,11,16H,9-10,12-13H2,1-2H3,(H,22,24);5-8,15H,2-4,9-11H2,1H3. The van der Waals surface area contributed by atoms with Crippen LogP contribution in [-0.4, -0.2) is 176 Å². The van der Waals surface area contributed by atoms with Gasteiger partial charge in [0, 0.05) is 94.8 Å². The number of anilines is 5. The first-order valence-electron chi connectivity index (χ1n) is 30.5. The summed E-state index contributed by atoms with van der Waals surface area (Å²) >= 11 is 6.97. The second-order valence-electron chi connectivity index (χ2n) is 23.8. The molecule has 17 nitrogen and oxygen atoms in total. The predicted octanol–water partition coefficient (Wildman–Crippen LogP) is 11.9. The highest BCUT2D eigenvalue weighted by atomic mass is 79.9.